The Morgan fingerprint density at radius 1 is 1.10 bits per heavy atom. The van der Waals surface area contributed by atoms with Crippen LogP contribution in [0, 0.1) is 11.3 Å². The number of esters is 1. The van der Waals surface area contributed by atoms with Crippen molar-refractivity contribution in [3.63, 3.8) is 0 Å². The number of hydrogen-bond acceptors (Lipinski definition) is 6. The molecule has 0 fully saturated rings. The number of rotatable bonds is 6. The molecule has 0 aliphatic carbocycles. The lowest BCUT2D eigenvalue weighted by Crippen LogP contribution is -2.05. The number of hydrogen-bond donors (Lipinski definition) is 0. The summed E-state index contributed by atoms with van der Waals surface area (Å²) in [6, 6.07) is 13.6. The largest absolute Gasteiger partial charge is 0.462 e. The third kappa shape index (κ3) is 4.48. The van der Waals surface area contributed by atoms with Crippen molar-refractivity contribution in [1.29, 1.82) is 5.26 Å². The van der Waals surface area contributed by atoms with E-state index < -0.39 is 11.9 Å². The topological polar surface area (TPSA) is 93.7 Å². The molecule has 0 aliphatic heterocycles. The molecule has 0 saturated carbocycles. The van der Waals surface area contributed by atoms with E-state index in [1.165, 1.54) is 13.0 Å². The van der Waals surface area contributed by atoms with Crippen molar-refractivity contribution in [2.75, 3.05) is 6.61 Å². The van der Waals surface area contributed by atoms with Crippen LogP contribution in [0.25, 0.3) is 27.9 Å². The average Bonchev–Trinajstić information content (AvgIpc) is 3.08. The Morgan fingerprint density at radius 3 is 2.39 bits per heavy atom. The first-order chi connectivity index (χ1) is 14.9. The number of aromatic nitrogens is 1. The zero-order valence-electron chi connectivity index (χ0n) is 17.9. The Balaban J connectivity index is 2.17. The number of benzene rings is 2. The van der Waals surface area contributed by atoms with Gasteiger partial charge in [-0.15, -0.1) is 0 Å². The van der Waals surface area contributed by atoms with Crippen LogP contribution in [0.5, 0.6) is 0 Å². The van der Waals surface area contributed by atoms with Crippen molar-refractivity contribution in [3.8, 4) is 6.07 Å². The molecule has 0 spiro atoms. The lowest BCUT2D eigenvalue weighted by molar-refractivity contribution is -0.141. The minimum absolute atomic E-state index is 0.0505. The van der Waals surface area contributed by atoms with Gasteiger partial charge in [0.25, 0.3) is 0 Å². The fourth-order valence-corrected chi connectivity index (χ4v) is 3.47. The predicted molar refractivity (Wildman–Crippen MR) is 119 cm³/mol. The van der Waals surface area contributed by atoms with E-state index in [4.69, 9.17) is 9.57 Å². The highest BCUT2D eigenvalue weighted by atomic mass is 16.7. The quantitative estimate of drug-likeness (QED) is 0.146. The third-order valence-corrected chi connectivity index (χ3v) is 4.86. The van der Waals surface area contributed by atoms with Gasteiger partial charge in [-0.1, -0.05) is 17.3 Å². The standard InChI is InChI=1S/C24H23N3O4/c1-5-27-22-9-7-17(11-19(14-25)24(29)30-6-2)12-20(22)21-13-18(8-10-23(21)27)15(3)26-31-16(4)28/h7-13H,5-6H2,1-4H3/b19-11+,26-15+. The molecule has 0 radical (unpaired) electrons. The minimum Gasteiger partial charge on any atom is -0.462 e. The minimum atomic E-state index is -0.638. The fourth-order valence-electron chi connectivity index (χ4n) is 3.47. The van der Waals surface area contributed by atoms with Crippen LogP contribution >= 0.6 is 0 Å². The molecule has 0 bridgehead atoms. The summed E-state index contributed by atoms with van der Waals surface area (Å²) in [5.41, 5.74) is 4.17. The summed E-state index contributed by atoms with van der Waals surface area (Å²) in [5, 5.41) is 15.2. The molecule has 1 aromatic heterocycles. The van der Waals surface area contributed by atoms with E-state index in [0.29, 0.717) is 5.71 Å². The molecular formula is C24H23N3O4. The van der Waals surface area contributed by atoms with Crippen LogP contribution < -0.4 is 0 Å². The second kappa shape index (κ2) is 9.26. The van der Waals surface area contributed by atoms with Gasteiger partial charge in [0.1, 0.15) is 11.6 Å². The Bertz CT molecular complexity index is 1280. The summed E-state index contributed by atoms with van der Waals surface area (Å²) in [6.07, 6.45) is 1.53. The molecule has 0 saturated heterocycles. The van der Waals surface area contributed by atoms with Gasteiger partial charge >= 0.3 is 11.9 Å². The zero-order valence-corrected chi connectivity index (χ0v) is 17.9. The van der Waals surface area contributed by atoms with E-state index in [2.05, 4.69) is 16.6 Å². The van der Waals surface area contributed by atoms with Crippen molar-refractivity contribution in [2.24, 2.45) is 5.16 Å². The molecular weight excluding hydrogens is 394 g/mol. The van der Waals surface area contributed by atoms with Gasteiger partial charge in [0.05, 0.1) is 12.3 Å². The van der Waals surface area contributed by atoms with E-state index in [1.54, 1.807) is 13.8 Å². The maximum atomic E-state index is 12.0. The molecule has 3 rings (SSSR count). The summed E-state index contributed by atoms with van der Waals surface area (Å²) < 4.78 is 7.14. The molecule has 3 aromatic rings. The number of ether oxygens (including phenoxy) is 1. The van der Waals surface area contributed by atoms with Crippen molar-refractivity contribution >= 4 is 45.5 Å². The van der Waals surface area contributed by atoms with E-state index >= 15 is 0 Å². The van der Waals surface area contributed by atoms with Gasteiger partial charge in [0.15, 0.2) is 0 Å². The Morgan fingerprint density at radius 2 is 1.77 bits per heavy atom. The SMILES string of the molecule is CCOC(=O)/C(C#N)=C/c1ccc2c(c1)c1cc(/C(C)=N/OC(C)=O)ccc1n2CC. The van der Waals surface area contributed by atoms with E-state index in [-0.39, 0.29) is 12.2 Å². The molecule has 7 nitrogen and oxygen atoms in total. The number of fused-ring (bicyclic) bond motifs is 3. The summed E-state index contributed by atoms with van der Waals surface area (Å²) in [7, 11) is 0. The molecule has 0 aliphatic rings. The first-order valence-electron chi connectivity index (χ1n) is 9.97. The van der Waals surface area contributed by atoms with Gasteiger partial charge < -0.3 is 14.1 Å². The van der Waals surface area contributed by atoms with Crippen molar-refractivity contribution in [1.82, 2.24) is 4.57 Å². The van der Waals surface area contributed by atoms with Crippen LogP contribution in [0.1, 0.15) is 38.8 Å². The van der Waals surface area contributed by atoms with E-state index in [1.807, 2.05) is 42.5 Å². The lowest BCUT2D eigenvalue weighted by Gasteiger charge is -2.04. The molecule has 31 heavy (non-hydrogen) atoms. The van der Waals surface area contributed by atoms with Crippen LogP contribution in [-0.2, 0) is 25.7 Å². The molecule has 0 N–H and O–H groups in total. The first kappa shape index (κ1) is 21.8. The third-order valence-electron chi connectivity index (χ3n) is 4.86. The number of oxime groups is 1. The van der Waals surface area contributed by atoms with Gasteiger partial charge in [-0.2, -0.15) is 5.26 Å². The van der Waals surface area contributed by atoms with Crippen LogP contribution in [0.2, 0.25) is 0 Å². The molecule has 7 heteroatoms. The molecule has 2 aromatic carbocycles. The number of carbonyl (C=O) groups excluding carboxylic acids is 2. The van der Waals surface area contributed by atoms with Crippen molar-refractivity contribution in [2.45, 2.75) is 34.2 Å². The van der Waals surface area contributed by atoms with Gasteiger partial charge in [0, 0.05) is 35.3 Å². The normalized spacial score (nSPS) is 12.1. The van der Waals surface area contributed by atoms with Gasteiger partial charge in [-0.3, -0.25) is 0 Å². The predicted octanol–water partition coefficient (Wildman–Crippen LogP) is 4.57. The van der Waals surface area contributed by atoms with E-state index in [0.717, 1.165) is 39.5 Å². The second-order valence-corrected chi connectivity index (χ2v) is 6.90. The monoisotopic (exact) mass is 417 g/mol. The highest BCUT2D eigenvalue weighted by Gasteiger charge is 2.14. The molecule has 0 unspecified atom stereocenters. The van der Waals surface area contributed by atoms with Crippen LogP contribution in [0.3, 0.4) is 0 Å². The number of aryl methyl sites for hydroxylation is 1. The van der Waals surface area contributed by atoms with Crippen molar-refractivity contribution < 1.29 is 19.2 Å². The number of nitrogens with zero attached hydrogens (tertiary/aromatic N) is 3. The maximum Gasteiger partial charge on any atom is 0.348 e. The summed E-state index contributed by atoms with van der Waals surface area (Å²) in [4.78, 5) is 27.8. The summed E-state index contributed by atoms with van der Waals surface area (Å²) >= 11 is 0. The van der Waals surface area contributed by atoms with Gasteiger partial charge in [-0.05, 0) is 62.2 Å². The fraction of sp³-hybridized carbons (Fsp3) is 0.250. The van der Waals surface area contributed by atoms with E-state index in [9.17, 15) is 14.9 Å². The van der Waals surface area contributed by atoms with Crippen LogP contribution in [0.4, 0.5) is 0 Å². The summed E-state index contributed by atoms with van der Waals surface area (Å²) in [6.45, 7) is 7.83. The van der Waals surface area contributed by atoms with Crippen LogP contribution in [-0.4, -0.2) is 28.8 Å². The number of carbonyl (C=O) groups is 2. The highest BCUT2D eigenvalue weighted by Crippen LogP contribution is 2.31. The second-order valence-electron chi connectivity index (χ2n) is 6.90. The molecule has 1 heterocycles. The van der Waals surface area contributed by atoms with Crippen molar-refractivity contribution in [3.05, 3.63) is 53.1 Å². The van der Waals surface area contributed by atoms with Crippen LogP contribution in [0.15, 0.2) is 47.1 Å². The Kier molecular flexibility index (Phi) is 6.51. The maximum absolute atomic E-state index is 12.0. The lowest BCUT2D eigenvalue weighted by atomic mass is 10.0. The average molecular weight is 417 g/mol. The first-order valence-corrected chi connectivity index (χ1v) is 9.97. The summed E-state index contributed by atoms with van der Waals surface area (Å²) in [5.74, 6) is -1.12. The smallest absolute Gasteiger partial charge is 0.348 e. The molecule has 0 atom stereocenters. The Hall–Kier alpha value is -3.92. The molecule has 0 amide bonds. The zero-order chi connectivity index (χ0) is 22.5. The van der Waals surface area contributed by atoms with Gasteiger partial charge in [0.2, 0.25) is 0 Å². The van der Waals surface area contributed by atoms with Gasteiger partial charge in [-0.25, -0.2) is 9.59 Å². The highest BCUT2D eigenvalue weighted by molar-refractivity contribution is 6.12. The number of nitriles is 1. The Labute approximate surface area is 180 Å². The molecule has 158 valence electrons.